The highest BCUT2D eigenvalue weighted by Gasteiger charge is 2.34. The lowest BCUT2D eigenvalue weighted by atomic mass is 9.89. The number of rotatable bonds is 2. The maximum Gasteiger partial charge on any atom is 0.312 e. The Morgan fingerprint density at radius 1 is 0.719 bits per heavy atom. The van der Waals surface area contributed by atoms with Gasteiger partial charge in [-0.25, -0.2) is 8.78 Å². The molecule has 2 heterocycles. The van der Waals surface area contributed by atoms with E-state index in [0.717, 1.165) is 25.0 Å². The summed E-state index contributed by atoms with van der Waals surface area (Å²) in [7, 11) is 0. The first-order valence-corrected chi connectivity index (χ1v) is 10.9. The van der Waals surface area contributed by atoms with Crippen molar-refractivity contribution in [2.24, 2.45) is 0 Å². The molecule has 0 saturated carbocycles. The van der Waals surface area contributed by atoms with E-state index >= 15 is 0 Å². The lowest BCUT2D eigenvalue weighted by molar-refractivity contribution is -0.153. The van der Waals surface area contributed by atoms with Gasteiger partial charge in [-0.05, 0) is 61.1 Å². The summed E-state index contributed by atoms with van der Waals surface area (Å²) in [4.78, 5) is 28.9. The average molecular weight is 444 g/mol. The fourth-order valence-electron chi connectivity index (χ4n) is 4.80. The van der Waals surface area contributed by atoms with Gasteiger partial charge in [-0.15, -0.1) is 0 Å². The monoisotopic (exact) mass is 444 g/mol. The molecular formula is C24H26F2N2O4. The number of nitrogens with zero attached hydrogens (tertiary/aromatic N) is 2. The molecule has 2 aliphatic heterocycles. The largest absolute Gasteiger partial charge is 0.508 e. The number of benzene rings is 2. The van der Waals surface area contributed by atoms with Gasteiger partial charge in [0, 0.05) is 50.1 Å². The minimum atomic E-state index is -0.599. The van der Waals surface area contributed by atoms with Crippen LogP contribution in [-0.4, -0.2) is 58.0 Å². The van der Waals surface area contributed by atoms with E-state index in [2.05, 4.69) is 0 Å². The van der Waals surface area contributed by atoms with Crippen molar-refractivity contribution < 1.29 is 28.6 Å². The molecule has 2 aromatic carbocycles. The molecule has 0 radical (unpaired) electrons. The number of hydrogen-bond donors (Lipinski definition) is 2. The molecule has 2 unspecified atom stereocenters. The highest BCUT2D eigenvalue weighted by Crippen LogP contribution is 2.32. The Morgan fingerprint density at radius 2 is 1.12 bits per heavy atom. The first-order valence-electron chi connectivity index (χ1n) is 10.9. The second-order valence-electron chi connectivity index (χ2n) is 8.67. The van der Waals surface area contributed by atoms with E-state index in [1.807, 2.05) is 0 Å². The van der Waals surface area contributed by atoms with Crippen molar-refractivity contribution in [3.63, 3.8) is 0 Å². The summed E-state index contributed by atoms with van der Waals surface area (Å²) in [6.07, 6.45) is 2.81. The number of amides is 2. The number of carbonyl (C=O) groups is 2. The topological polar surface area (TPSA) is 81.1 Å². The first-order chi connectivity index (χ1) is 15.3. The number of likely N-dealkylation sites (tertiary alicyclic amines) is 2. The lowest BCUT2D eigenvalue weighted by Gasteiger charge is -2.36. The van der Waals surface area contributed by atoms with Crippen molar-refractivity contribution >= 4 is 11.8 Å². The van der Waals surface area contributed by atoms with Crippen LogP contribution in [0.3, 0.4) is 0 Å². The van der Waals surface area contributed by atoms with Crippen molar-refractivity contribution in [3.8, 4) is 11.5 Å². The molecule has 32 heavy (non-hydrogen) atoms. The van der Waals surface area contributed by atoms with Crippen LogP contribution in [0.15, 0.2) is 36.4 Å². The summed E-state index contributed by atoms with van der Waals surface area (Å²) in [6, 6.07) is 7.75. The Morgan fingerprint density at radius 3 is 1.50 bits per heavy atom. The van der Waals surface area contributed by atoms with E-state index in [9.17, 15) is 28.6 Å². The molecule has 0 aliphatic carbocycles. The molecule has 0 aromatic heterocycles. The third kappa shape index (κ3) is 4.84. The van der Waals surface area contributed by atoms with Crippen LogP contribution in [0.2, 0.25) is 0 Å². The number of phenolic OH excluding ortho intramolecular Hbond substituents is 2. The summed E-state index contributed by atoms with van der Waals surface area (Å²) in [5.41, 5.74) is 1.22. The maximum atomic E-state index is 13.7. The smallest absolute Gasteiger partial charge is 0.312 e. The quantitative estimate of drug-likeness (QED) is 0.695. The summed E-state index contributed by atoms with van der Waals surface area (Å²) in [5.74, 6) is -2.93. The number of halogens is 2. The van der Waals surface area contributed by atoms with Gasteiger partial charge < -0.3 is 20.0 Å². The van der Waals surface area contributed by atoms with E-state index < -0.39 is 23.4 Å². The fraction of sp³-hybridized carbons (Fsp3) is 0.417. The van der Waals surface area contributed by atoms with Crippen LogP contribution in [-0.2, 0) is 9.59 Å². The van der Waals surface area contributed by atoms with Crippen LogP contribution in [0.25, 0.3) is 0 Å². The molecule has 170 valence electrons. The summed E-state index contributed by atoms with van der Waals surface area (Å²) in [5, 5.41) is 19.4. The number of hydrogen-bond acceptors (Lipinski definition) is 4. The van der Waals surface area contributed by atoms with Gasteiger partial charge in [-0.3, -0.25) is 9.59 Å². The second kappa shape index (κ2) is 9.14. The zero-order valence-electron chi connectivity index (χ0n) is 17.6. The molecule has 2 saturated heterocycles. The highest BCUT2D eigenvalue weighted by molar-refractivity contribution is 6.35. The van der Waals surface area contributed by atoms with E-state index in [1.165, 1.54) is 34.1 Å². The second-order valence-corrected chi connectivity index (χ2v) is 8.67. The molecule has 8 heteroatoms. The first kappa shape index (κ1) is 22.0. The van der Waals surface area contributed by atoms with Gasteiger partial charge in [-0.2, -0.15) is 0 Å². The number of aromatic hydroxyl groups is 2. The van der Waals surface area contributed by atoms with Crippen LogP contribution in [0.5, 0.6) is 11.5 Å². The van der Waals surface area contributed by atoms with Gasteiger partial charge in [0.2, 0.25) is 0 Å². The molecule has 2 N–H and O–H groups in total. The Bertz CT molecular complexity index is 907. The van der Waals surface area contributed by atoms with Crippen LogP contribution in [0.1, 0.15) is 48.6 Å². The predicted molar refractivity (Wildman–Crippen MR) is 113 cm³/mol. The van der Waals surface area contributed by atoms with E-state index in [-0.39, 0.29) is 36.4 Å². The van der Waals surface area contributed by atoms with Gasteiger partial charge in [-0.1, -0.05) is 0 Å². The minimum absolute atomic E-state index is 0.161. The van der Waals surface area contributed by atoms with Crippen molar-refractivity contribution in [2.45, 2.75) is 37.5 Å². The lowest BCUT2D eigenvalue weighted by Crippen LogP contribution is -2.50. The fourth-order valence-corrected chi connectivity index (χ4v) is 4.80. The zero-order chi connectivity index (χ0) is 22.8. The Balaban J connectivity index is 1.43. The van der Waals surface area contributed by atoms with Crippen molar-refractivity contribution in [3.05, 3.63) is 59.2 Å². The SMILES string of the molecule is O=C(C(=O)N1CCCC(c2cc(O)cc(F)c2)C1)N1CCCC(c2cc(O)cc(F)c2)C1. The molecule has 2 amide bonds. The molecule has 2 aromatic rings. The van der Waals surface area contributed by atoms with Crippen LogP contribution in [0, 0.1) is 11.6 Å². The van der Waals surface area contributed by atoms with Crippen molar-refractivity contribution in [1.29, 1.82) is 0 Å². The molecular weight excluding hydrogens is 418 g/mol. The maximum absolute atomic E-state index is 13.7. The van der Waals surface area contributed by atoms with Crippen molar-refractivity contribution in [2.75, 3.05) is 26.2 Å². The number of phenols is 2. The van der Waals surface area contributed by atoms with Crippen LogP contribution < -0.4 is 0 Å². The molecule has 0 spiro atoms. The predicted octanol–water partition coefficient (Wildman–Crippen LogP) is 3.49. The van der Waals surface area contributed by atoms with Gasteiger partial charge in [0.25, 0.3) is 0 Å². The van der Waals surface area contributed by atoms with E-state index in [4.69, 9.17) is 0 Å². The molecule has 2 atom stereocenters. The third-order valence-electron chi connectivity index (χ3n) is 6.35. The molecule has 4 rings (SSSR count). The van der Waals surface area contributed by atoms with Gasteiger partial charge in [0.05, 0.1) is 0 Å². The molecule has 6 nitrogen and oxygen atoms in total. The minimum Gasteiger partial charge on any atom is -0.508 e. The molecule has 2 aliphatic rings. The van der Waals surface area contributed by atoms with Gasteiger partial charge >= 0.3 is 11.8 Å². The highest BCUT2D eigenvalue weighted by atomic mass is 19.1. The Hall–Kier alpha value is -3.16. The Kier molecular flexibility index (Phi) is 6.30. The van der Waals surface area contributed by atoms with E-state index in [0.29, 0.717) is 37.1 Å². The standard InChI is InChI=1S/C24H26F2N2O4/c25-19-7-17(9-21(29)11-19)15-3-1-5-27(13-15)23(31)24(32)28-6-2-4-16(14-28)18-8-20(26)12-22(30)10-18/h7-12,15-16,29-30H,1-6,13-14H2. The van der Waals surface area contributed by atoms with Crippen LogP contribution in [0.4, 0.5) is 8.78 Å². The summed E-state index contributed by atoms with van der Waals surface area (Å²) >= 11 is 0. The number of carbonyl (C=O) groups excluding carboxylic acids is 2. The number of piperidine rings is 2. The zero-order valence-corrected chi connectivity index (χ0v) is 17.6. The van der Waals surface area contributed by atoms with Crippen LogP contribution >= 0.6 is 0 Å². The van der Waals surface area contributed by atoms with Gasteiger partial charge in [0.15, 0.2) is 0 Å². The normalized spacial score (nSPS) is 21.4. The molecule has 0 bridgehead atoms. The Labute approximate surface area is 185 Å². The van der Waals surface area contributed by atoms with Gasteiger partial charge in [0.1, 0.15) is 23.1 Å². The van der Waals surface area contributed by atoms with E-state index in [1.54, 1.807) is 0 Å². The third-order valence-corrected chi connectivity index (χ3v) is 6.35. The average Bonchev–Trinajstić information content (AvgIpc) is 2.77. The summed E-state index contributed by atoms with van der Waals surface area (Å²) < 4.78 is 27.4. The van der Waals surface area contributed by atoms with Crippen molar-refractivity contribution in [1.82, 2.24) is 9.80 Å². The summed E-state index contributed by atoms with van der Waals surface area (Å²) in [6.45, 7) is 1.44. The molecule has 2 fully saturated rings.